The Bertz CT molecular complexity index is 218. The van der Waals surface area contributed by atoms with Crippen LogP contribution in [-0.4, -0.2) is 12.1 Å². The van der Waals surface area contributed by atoms with E-state index in [0.29, 0.717) is 6.92 Å². The minimum absolute atomic E-state index is 0.539. The molecule has 0 saturated heterocycles. The van der Waals surface area contributed by atoms with Crippen molar-refractivity contribution in [2.45, 2.75) is 13.0 Å². The highest BCUT2D eigenvalue weighted by atomic mass is 19.3. The van der Waals surface area contributed by atoms with Gasteiger partial charge in [0.25, 0.3) is 5.83 Å². The molecule has 0 radical (unpaired) electrons. The molecule has 12 heavy (non-hydrogen) atoms. The van der Waals surface area contributed by atoms with E-state index in [-0.39, 0.29) is 0 Å². The molecule has 0 unspecified atom stereocenters. The average Bonchev–Trinajstić information content (AvgIpc) is 1.82. The third-order valence-corrected chi connectivity index (χ3v) is 0.693. The summed E-state index contributed by atoms with van der Waals surface area (Å²) in [7, 11) is 0. The molecule has 0 atom stereocenters. The quantitative estimate of drug-likeness (QED) is 0.492. The minimum atomic E-state index is -4.88. The Kier molecular flexibility index (Phi) is 3.17. The molecule has 0 heterocycles. The van der Waals surface area contributed by atoms with Gasteiger partial charge in [0.15, 0.2) is 0 Å². The predicted octanol–water partition coefficient (Wildman–Crippen LogP) is 2.22. The number of hydrogen-bond acceptors (Lipinski definition) is 2. The first kappa shape index (κ1) is 10.9. The van der Waals surface area contributed by atoms with E-state index < -0.39 is 24.0 Å². The highest BCUT2D eigenvalue weighted by molar-refractivity contribution is 5.66. The van der Waals surface area contributed by atoms with Crippen LogP contribution in [0, 0.1) is 0 Å². The number of alkyl halides is 2. The van der Waals surface area contributed by atoms with Crippen molar-refractivity contribution in [3.63, 3.8) is 0 Å². The van der Waals surface area contributed by atoms with Gasteiger partial charge in [-0.3, -0.25) is 4.79 Å². The summed E-state index contributed by atoms with van der Waals surface area (Å²) in [5, 5.41) is 0. The summed E-state index contributed by atoms with van der Waals surface area (Å²) in [6.07, 6.45) is -8.11. The molecule has 70 valence electrons. The lowest BCUT2D eigenvalue weighted by Gasteiger charge is -2.11. The van der Waals surface area contributed by atoms with Gasteiger partial charge in [0.1, 0.15) is 0 Å². The summed E-state index contributed by atoms with van der Waals surface area (Å²) in [5.41, 5.74) is 0. The lowest BCUT2D eigenvalue weighted by Crippen LogP contribution is -2.24. The average molecular weight is 190 g/mol. The van der Waals surface area contributed by atoms with Gasteiger partial charge in [-0.1, -0.05) is 0 Å². The van der Waals surface area contributed by atoms with E-state index >= 15 is 0 Å². The van der Waals surface area contributed by atoms with Crippen LogP contribution in [0.4, 0.5) is 22.0 Å². The molecule has 0 fully saturated rings. The van der Waals surface area contributed by atoms with Gasteiger partial charge >= 0.3 is 18.2 Å². The first-order valence-corrected chi connectivity index (χ1v) is 2.56. The van der Waals surface area contributed by atoms with E-state index in [1.807, 2.05) is 0 Å². The zero-order valence-corrected chi connectivity index (χ0v) is 5.71. The number of carbonyl (C=O) groups is 1. The molecule has 0 aliphatic rings. The molecule has 0 aromatic carbocycles. The Hall–Kier alpha value is -1.14. The third kappa shape index (κ3) is 2.85. The van der Waals surface area contributed by atoms with Crippen molar-refractivity contribution in [1.29, 1.82) is 0 Å². The zero-order valence-electron chi connectivity index (χ0n) is 5.71. The molecule has 0 aliphatic heterocycles. The molecule has 0 saturated carbocycles. The summed E-state index contributed by atoms with van der Waals surface area (Å²) >= 11 is 0. The van der Waals surface area contributed by atoms with Gasteiger partial charge in [-0.05, 0) is 0 Å². The van der Waals surface area contributed by atoms with E-state index in [1.54, 1.807) is 0 Å². The summed E-state index contributed by atoms with van der Waals surface area (Å²) in [6, 6.07) is 0. The smallest absolute Gasteiger partial charge is 0.395 e. The number of ether oxygens (including phenoxy) is 1. The Morgan fingerprint density at radius 2 is 1.67 bits per heavy atom. The van der Waals surface area contributed by atoms with E-state index in [4.69, 9.17) is 0 Å². The number of halogens is 5. The molecule has 0 bridgehead atoms. The van der Waals surface area contributed by atoms with Crippen LogP contribution < -0.4 is 0 Å². The molecule has 0 rings (SSSR count). The van der Waals surface area contributed by atoms with Crippen molar-refractivity contribution in [3.05, 3.63) is 11.9 Å². The topological polar surface area (TPSA) is 26.3 Å². The van der Waals surface area contributed by atoms with Crippen LogP contribution in [0.15, 0.2) is 11.9 Å². The van der Waals surface area contributed by atoms with Crippen LogP contribution in [0.2, 0.25) is 0 Å². The zero-order chi connectivity index (χ0) is 9.94. The standard InChI is InChI=1S/C5H3F5O2/c1-2(11)12-5(9,10)3(6)4(7)8/h1H3. The molecule has 0 aromatic rings. The highest BCUT2D eigenvalue weighted by Crippen LogP contribution is 2.30. The maximum atomic E-state index is 12.0. The first-order chi connectivity index (χ1) is 5.27. The predicted molar refractivity (Wildman–Crippen MR) is 27.1 cm³/mol. The van der Waals surface area contributed by atoms with Crippen molar-refractivity contribution in [2.75, 3.05) is 0 Å². The maximum Gasteiger partial charge on any atom is 0.461 e. The fraction of sp³-hybridized carbons (Fsp3) is 0.400. The molecular formula is C5H3F5O2. The lowest BCUT2D eigenvalue weighted by molar-refractivity contribution is -0.219. The number of carbonyl (C=O) groups excluding carboxylic acids is 1. The van der Waals surface area contributed by atoms with Crippen LogP contribution in [0.5, 0.6) is 0 Å². The first-order valence-electron chi connectivity index (χ1n) is 2.56. The fourth-order valence-corrected chi connectivity index (χ4v) is 0.335. The maximum absolute atomic E-state index is 12.0. The Balaban J connectivity index is 4.62. The van der Waals surface area contributed by atoms with Gasteiger partial charge in [-0.25, -0.2) is 0 Å². The molecule has 0 aliphatic carbocycles. The van der Waals surface area contributed by atoms with E-state index in [0.717, 1.165) is 0 Å². The molecule has 7 heteroatoms. The van der Waals surface area contributed by atoms with E-state index in [1.165, 1.54) is 0 Å². The van der Waals surface area contributed by atoms with Crippen LogP contribution in [-0.2, 0) is 9.53 Å². The van der Waals surface area contributed by atoms with Gasteiger partial charge in [0.05, 0.1) is 0 Å². The Morgan fingerprint density at radius 3 is 1.92 bits per heavy atom. The van der Waals surface area contributed by atoms with Crippen molar-refractivity contribution >= 4 is 5.97 Å². The van der Waals surface area contributed by atoms with Gasteiger partial charge < -0.3 is 4.74 Å². The molecule has 0 aromatic heterocycles. The third-order valence-electron chi connectivity index (χ3n) is 0.693. The van der Waals surface area contributed by atoms with Crippen molar-refractivity contribution < 1.29 is 31.5 Å². The molecule has 2 nitrogen and oxygen atoms in total. The fourth-order valence-electron chi connectivity index (χ4n) is 0.335. The number of rotatable bonds is 2. The van der Waals surface area contributed by atoms with E-state index in [2.05, 4.69) is 4.74 Å². The Morgan fingerprint density at radius 1 is 1.25 bits per heavy atom. The number of esters is 1. The summed E-state index contributed by atoms with van der Waals surface area (Å²) in [6.45, 7) is 0.539. The summed E-state index contributed by atoms with van der Waals surface area (Å²) in [4.78, 5) is 9.85. The van der Waals surface area contributed by atoms with Crippen molar-refractivity contribution in [3.8, 4) is 0 Å². The Labute approximate surface area is 63.6 Å². The molecule has 0 spiro atoms. The van der Waals surface area contributed by atoms with Crippen LogP contribution in [0.1, 0.15) is 6.92 Å². The SMILES string of the molecule is CC(=O)OC(F)(F)C(F)=C(F)F. The van der Waals surface area contributed by atoms with Crippen molar-refractivity contribution in [2.24, 2.45) is 0 Å². The van der Waals surface area contributed by atoms with Crippen molar-refractivity contribution in [1.82, 2.24) is 0 Å². The van der Waals surface area contributed by atoms with Crippen LogP contribution >= 0.6 is 0 Å². The summed E-state index contributed by atoms with van der Waals surface area (Å²) < 4.78 is 61.1. The van der Waals surface area contributed by atoms with Gasteiger partial charge in [-0.2, -0.15) is 22.0 Å². The van der Waals surface area contributed by atoms with Gasteiger partial charge in [0.2, 0.25) is 0 Å². The molecule has 0 amide bonds. The number of hydrogen-bond donors (Lipinski definition) is 0. The highest BCUT2D eigenvalue weighted by Gasteiger charge is 2.43. The summed E-state index contributed by atoms with van der Waals surface area (Å²) in [5.74, 6) is -4.62. The second-order valence-electron chi connectivity index (χ2n) is 1.68. The second-order valence-corrected chi connectivity index (χ2v) is 1.68. The molecular weight excluding hydrogens is 187 g/mol. The van der Waals surface area contributed by atoms with Gasteiger partial charge in [0, 0.05) is 6.92 Å². The van der Waals surface area contributed by atoms with Crippen LogP contribution in [0.3, 0.4) is 0 Å². The molecule has 0 N–H and O–H groups in total. The largest absolute Gasteiger partial charge is 0.461 e. The van der Waals surface area contributed by atoms with Gasteiger partial charge in [-0.15, -0.1) is 0 Å². The normalized spacial score (nSPS) is 10.8. The second kappa shape index (κ2) is 3.51. The van der Waals surface area contributed by atoms with E-state index in [9.17, 15) is 26.7 Å². The lowest BCUT2D eigenvalue weighted by atomic mass is 10.5. The minimum Gasteiger partial charge on any atom is -0.395 e. The monoisotopic (exact) mass is 190 g/mol. The van der Waals surface area contributed by atoms with Crippen LogP contribution in [0.25, 0.3) is 0 Å².